The molecule has 2 fully saturated rings. The van der Waals surface area contributed by atoms with E-state index in [0.29, 0.717) is 11.7 Å². The van der Waals surface area contributed by atoms with E-state index in [-0.39, 0.29) is 5.41 Å². The van der Waals surface area contributed by atoms with Crippen LogP contribution in [0.3, 0.4) is 0 Å². The van der Waals surface area contributed by atoms with Gasteiger partial charge in [-0.25, -0.2) is 4.98 Å². The Morgan fingerprint density at radius 3 is 2.81 bits per heavy atom. The molecule has 2 bridgehead atoms. The van der Waals surface area contributed by atoms with Crippen LogP contribution >= 0.6 is 0 Å². The minimum atomic E-state index is 0.0489. The molecule has 4 heterocycles. The van der Waals surface area contributed by atoms with Gasteiger partial charge in [0.1, 0.15) is 5.75 Å². The Morgan fingerprint density at radius 2 is 1.96 bits per heavy atom. The van der Waals surface area contributed by atoms with Crippen LogP contribution in [0.2, 0.25) is 0 Å². The number of ether oxygens (including phenoxy) is 1. The molecule has 6 heteroatoms. The highest BCUT2D eigenvalue weighted by Crippen LogP contribution is 2.41. The van der Waals surface area contributed by atoms with E-state index in [1.165, 1.54) is 13.0 Å². The van der Waals surface area contributed by atoms with Crippen LogP contribution in [-0.4, -0.2) is 39.7 Å². The zero-order valence-corrected chi connectivity index (χ0v) is 14.5. The fraction of sp³-hybridized carbons (Fsp3) is 0.350. The monoisotopic (exact) mass is 348 g/mol. The Balaban J connectivity index is 1.35. The van der Waals surface area contributed by atoms with Crippen LogP contribution in [0, 0.1) is 0 Å². The lowest BCUT2D eigenvalue weighted by atomic mass is 9.81. The first kappa shape index (κ1) is 15.5. The average molecular weight is 348 g/mol. The van der Waals surface area contributed by atoms with E-state index in [4.69, 9.17) is 14.2 Å². The predicted octanol–water partition coefficient (Wildman–Crippen LogP) is 3.66. The summed E-state index contributed by atoms with van der Waals surface area (Å²) in [6, 6.07) is 13.4. The van der Waals surface area contributed by atoms with Crippen molar-refractivity contribution in [2.24, 2.45) is 0 Å². The molecule has 0 saturated carbocycles. The summed E-state index contributed by atoms with van der Waals surface area (Å²) >= 11 is 0. The summed E-state index contributed by atoms with van der Waals surface area (Å²) in [5.41, 5.74) is 0.885. The minimum absolute atomic E-state index is 0.0489. The molecule has 132 valence electrons. The fourth-order valence-electron chi connectivity index (χ4n) is 4.01. The van der Waals surface area contributed by atoms with E-state index < -0.39 is 0 Å². The summed E-state index contributed by atoms with van der Waals surface area (Å²) in [5, 5.41) is 4.20. The van der Waals surface area contributed by atoms with Gasteiger partial charge in [0.15, 0.2) is 0 Å². The second-order valence-corrected chi connectivity index (χ2v) is 7.13. The van der Waals surface area contributed by atoms with Gasteiger partial charge >= 0.3 is 0 Å². The van der Waals surface area contributed by atoms with Crippen molar-refractivity contribution in [1.29, 1.82) is 0 Å². The smallest absolute Gasteiger partial charge is 0.234 e. The molecule has 2 aliphatic heterocycles. The Bertz CT molecular complexity index is 890. The molecule has 2 atom stereocenters. The van der Waals surface area contributed by atoms with Crippen LogP contribution < -0.4 is 4.74 Å². The van der Waals surface area contributed by atoms with E-state index in [2.05, 4.69) is 15.0 Å². The largest absolute Gasteiger partial charge is 0.439 e. The molecule has 0 N–H and O–H groups in total. The zero-order chi connectivity index (χ0) is 17.4. The molecular formula is C20H20N4O2. The maximum absolute atomic E-state index is 5.73. The molecule has 1 aromatic carbocycles. The summed E-state index contributed by atoms with van der Waals surface area (Å²) in [7, 11) is 0. The number of pyridine rings is 1. The Kier molecular flexibility index (Phi) is 3.71. The normalized spacial score (nSPS) is 24.5. The van der Waals surface area contributed by atoms with Gasteiger partial charge in [0.25, 0.3) is 0 Å². The van der Waals surface area contributed by atoms with Crippen LogP contribution in [0.4, 0.5) is 0 Å². The summed E-state index contributed by atoms with van der Waals surface area (Å²) in [6.45, 7) is 3.36. The standard InChI is InChI=1S/C20H20N4O2/c1-2-5-16(6-3-1)25-17-8-7-15(13-21-17)18-22-19(26-23-18)20-9-4-11-24(14-20)12-10-20/h1-3,5-8,13H,4,9-12,14H2. The van der Waals surface area contributed by atoms with E-state index in [1.807, 2.05) is 42.5 Å². The third-order valence-corrected chi connectivity index (χ3v) is 5.40. The maximum atomic E-state index is 5.73. The van der Waals surface area contributed by atoms with Gasteiger partial charge in [0, 0.05) is 24.4 Å². The van der Waals surface area contributed by atoms with Gasteiger partial charge in [0.05, 0.1) is 5.41 Å². The number of fused-ring (bicyclic) bond motifs is 2. The highest BCUT2D eigenvalue weighted by Gasteiger charge is 2.46. The molecule has 0 amide bonds. The van der Waals surface area contributed by atoms with Crippen molar-refractivity contribution < 1.29 is 9.26 Å². The van der Waals surface area contributed by atoms with E-state index in [1.54, 1.807) is 6.20 Å². The lowest BCUT2D eigenvalue weighted by Crippen LogP contribution is -2.37. The highest BCUT2D eigenvalue weighted by molar-refractivity contribution is 5.53. The van der Waals surface area contributed by atoms with Gasteiger partial charge in [-0.3, -0.25) is 0 Å². The number of para-hydroxylation sites is 1. The quantitative estimate of drug-likeness (QED) is 0.717. The molecular weight excluding hydrogens is 328 g/mol. The molecule has 0 spiro atoms. The van der Waals surface area contributed by atoms with E-state index >= 15 is 0 Å². The summed E-state index contributed by atoms with van der Waals surface area (Å²) in [6.07, 6.45) is 5.17. The van der Waals surface area contributed by atoms with Crippen LogP contribution in [-0.2, 0) is 5.41 Å². The second kappa shape index (κ2) is 6.21. The fourth-order valence-corrected chi connectivity index (χ4v) is 4.01. The van der Waals surface area contributed by atoms with Crippen molar-refractivity contribution in [1.82, 2.24) is 20.0 Å². The predicted molar refractivity (Wildman–Crippen MR) is 96.0 cm³/mol. The number of aromatic nitrogens is 3. The van der Waals surface area contributed by atoms with Crippen LogP contribution in [0.15, 0.2) is 53.2 Å². The number of rotatable bonds is 4. The molecule has 2 aromatic heterocycles. The first-order valence-corrected chi connectivity index (χ1v) is 9.07. The van der Waals surface area contributed by atoms with E-state index in [9.17, 15) is 0 Å². The summed E-state index contributed by atoms with van der Waals surface area (Å²) in [5.74, 6) is 2.68. The first-order valence-electron chi connectivity index (χ1n) is 9.07. The molecule has 0 radical (unpaired) electrons. The van der Waals surface area contributed by atoms with Gasteiger partial charge in [-0.15, -0.1) is 0 Å². The lowest BCUT2D eigenvalue weighted by molar-refractivity contribution is 0.201. The highest BCUT2D eigenvalue weighted by atomic mass is 16.5. The average Bonchev–Trinajstić information content (AvgIpc) is 3.29. The van der Waals surface area contributed by atoms with Crippen molar-refractivity contribution >= 4 is 0 Å². The zero-order valence-electron chi connectivity index (χ0n) is 14.5. The van der Waals surface area contributed by atoms with E-state index in [0.717, 1.165) is 43.1 Å². The van der Waals surface area contributed by atoms with Gasteiger partial charge in [0.2, 0.25) is 17.6 Å². The summed E-state index contributed by atoms with van der Waals surface area (Å²) in [4.78, 5) is 11.6. The first-order chi connectivity index (χ1) is 12.8. The molecule has 3 aromatic rings. The van der Waals surface area contributed by atoms with Crippen molar-refractivity contribution in [3.8, 4) is 23.0 Å². The molecule has 5 rings (SSSR count). The van der Waals surface area contributed by atoms with Crippen LogP contribution in [0.25, 0.3) is 11.4 Å². The second-order valence-electron chi connectivity index (χ2n) is 7.13. The molecule has 0 aliphatic carbocycles. The number of nitrogens with zero attached hydrogens (tertiary/aromatic N) is 4. The molecule has 2 saturated heterocycles. The molecule has 6 nitrogen and oxygen atoms in total. The van der Waals surface area contributed by atoms with Crippen LogP contribution in [0.5, 0.6) is 11.6 Å². The topological polar surface area (TPSA) is 64.3 Å². The third-order valence-electron chi connectivity index (χ3n) is 5.40. The summed E-state index contributed by atoms with van der Waals surface area (Å²) < 4.78 is 11.4. The van der Waals surface area contributed by atoms with Gasteiger partial charge in [-0.05, 0) is 50.6 Å². The Morgan fingerprint density at radius 1 is 1.04 bits per heavy atom. The number of hydrogen-bond donors (Lipinski definition) is 0. The van der Waals surface area contributed by atoms with Crippen molar-refractivity contribution in [2.45, 2.75) is 24.7 Å². The molecule has 2 aliphatic rings. The van der Waals surface area contributed by atoms with Gasteiger partial charge in [-0.2, -0.15) is 4.98 Å². The van der Waals surface area contributed by atoms with Gasteiger partial charge in [-0.1, -0.05) is 23.4 Å². The Hall–Kier alpha value is -2.73. The van der Waals surface area contributed by atoms with Crippen molar-refractivity contribution in [3.05, 3.63) is 54.6 Å². The number of benzene rings is 1. The number of piperidine rings is 1. The van der Waals surface area contributed by atoms with Crippen LogP contribution in [0.1, 0.15) is 25.2 Å². The molecule has 26 heavy (non-hydrogen) atoms. The van der Waals surface area contributed by atoms with Crippen molar-refractivity contribution in [3.63, 3.8) is 0 Å². The SMILES string of the molecule is c1ccc(Oc2ccc(-c3noc(C45CCCN(CC4)C5)n3)cn2)cc1. The van der Waals surface area contributed by atoms with Crippen molar-refractivity contribution in [2.75, 3.05) is 19.6 Å². The molecule has 2 unspecified atom stereocenters. The Labute approximate surface area is 151 Å². The third kappa shape index (κ3) is 2.76. The lowest BCUT2D eigenvalue weighted by Gasteiger charge is -2.30. The number of hydrogen-bond acceptors (Lipinski definition) is 6. The maximum Gasteiger partial charge on any atom is 0.234 e. The van der Waals surface area contributed by atoms with Gasteiger partial charge < -0.3 is 14.2 Å². The minimum Gasteiger partial charge on any atom is -0.439 e.